The number of aromatic hydroxyl groups is 1. The second-order valence-corrected chi connectivity index (χ2v) is 5.95. The summed E-state index contributed by atoms with van der Waals surface area (Å²) in [7, 11) is 1.48. The van der Waals surface area contributed by atoms with E-state index in [0.717, 1.165) is 11.1 Å². The highest BCUT2D eigenvalue weighted by molar-refractivity contribution is 9.10. The summed E-state index contributed by atoms with van der Waals surface area (Å²) >= 11 is 8.50. The molecule has 0 radical (unpaired) electrons. The fourth-order valence-corrected chi connectivity index (χ4v) is 2.67. The van der Waals surface area contributed by atoms with Gasteiger partial charge in [-0.1, -0.05) is 0 Å². The van der Waals surface area contributed by atoms with Gasteiger partial charge in [-0.2, -0.15) is 14.9 Å². The molecule has 0 saturated heterocycles. The number of benzene rings is 1. The lowest BCUT2D eigenvalue weighted by atomic mass is 10.2. The molecule has 0 bridgehead atoms. The van der Waals surface area contributed by atoms with Crippen molar-refractivity contribution in [3.63, 3.8) is 0 Å². The van der Waals surface area contributed by atoms with Crippen LogP contribution in [0.1, 0.15) is 5.56 Å². The molecule has 24 heavy (non-hydrogen) atoms. The van der Waals surface area contributed by atoms with Gasteiger partial charge in [-0.15, -0.1) is 0 Å². The van der Waals surface area contributed by atoms with E-state index in [1.54, 1.807) is 30.7 Å². The van der Waals surface area contributed by atoms with E-state index >= 15 is 0 Å². The maximum absolute atomic E-state index is 9.85. The van der Waals surface area contributed by atoms with Gasteiger partial charge in [0.25, 0.3) is 0 Å². The quantitative estimate of drug-likeness (QED) is 0.513. The van der Waals surface area contributed by atoms with Crippen molar-refractivity contribution in [2.24, 2.45) is 5.10 Å². The topological polar surface area (TPSA) is 88.3 Å². The van der Waals surface area contributed by atoms with Gasteiger partial charge in [0.1, 0.15) is 0 Å². The van der Waals surface area contributed by atoms with Gasteiger partial charge in [0.15, 0.2) is 17.3 Å². The van der Waals surface area contributed by atoms with E-state index in [-0.39, 0.29) is 5.75 Å². The van der Waals surface area contributed by atoms with Gasteiger partial charge in [-0.3, -0.25) is 4.98 Å². The van der Waals surface area contributed by atoms with Crippen molar-refractivity contribution in [1.82, 2.24) is 19.9 Å². The van der Waals surface area contributed by atoms with E-state index in [9.17, 15) is 5.11 Å². The first-order valence-corrected chi connectivity index (χ1v) is 7.99. The van der Waals surface area contributed by atoms with E-state index in [1.807, 2.05) is 12.1 Å². The molecule has 9 heteroatoms. The molecule has 0 aliphatic carbocycles. The lowest BCUT2D eigenvalue weighted by Gasteiger charge is -2.06. The lowest BCUT2D eigenvalue weighted by molar-refractivity contribution is 0.372. The number of aromatic amines is 1. The van der Waals surface area contributed by atoms with Crippen molar-refractivity contribution < 1.29 is 9.84 Å². The molecule has 1 aromatic carbocycles. The number of H-pyrrole nitrogens is 1. The van der Waals surface area contributed by atoms with Crippen molar-refractivity contribution >= 4 is 34.4 Å². The minimum atomic E-state index is 0.0330. The first-order valence-electron chi connectivity index (χ1n) is 6.79. The zero-order valence-corrected chi connectivity index (χ0v) is 14.9. The Morgan fingerprint density at radius 3 is 3.00 bits per heavy atom. The predicted octanol–water partition coefficient (Wildman–Crippen LogP) is 3.36. The van der Waals surface area contributed by atoms with Crippen LogP contribution in [0.25, 0.3) is 11.4 Å². The molecule has 0 aliphatic rings. The predicted molar refractivity (Wildman–Crippen MR) is 96.0 cm³/mol. The van der Waals surface area contributed by atoms with Crippen LogP contribution >= 0.6 is 28.1 Å². The minimum Gasteiger partial charge on any atom is -0.503 e. The summed E-state index contributed by atoms with van der Waals surface area (Å²) in [6, 6.07) is 7.05. The standard InChI is InChI=1S/C15H12BrN5O2S/c1-23-12-6-9(5-11(16)13(12)22)7-18-21-14(19-20-15(21)24)10-3-2-4-17-8-10/h2-8,22H,1H3,(H,20,24). The zero-order valence-electron chi connectivity index (χ0n) is 12.5. The SMILES string of the molecule is COc1cc(C=Nn2c(-c3cccnc3)n[nH]c2=S)cc(Br)c1O. The lowest BCUT2D eigenvalue weighted by Crippen LogP contribution is -1.96. The third-order valence-corrected chi connectivity index (χ3v) is 4.03. The largest absolute Gasteiger partial charge is 0.503 e. The average molecular weight is 406 g/mol. The van der Waals surface area contributed by atoms with Crippen LogP contribution in [0.15, 0.2) is 46.2 Å². The summed E-state index contributed by atoms with van der Waals surface area (Å²) in [6.45, 7) is 0. The number of phenols is 1. The Balaban J connectivity index is 2.01. The van der Waals surface area contributed by atoms with Crippen LogP contribution in [0.4, 0.5) is 0 Å². The number of halogens is 1. The Labute approximate surface area is 150 Å². The van der Waals surface area contributed by atoms with Gasteiger partial charge < -0.3 is 9.84 Å². The van der Waals surface area contributed by atoms with E-state index < -0.39 is 0 Å². The fraction of sp³-hybridized carbons (Fsp3) is 0.0667. The first kappa shape index (κ1) is 16.3. The molecule has 3 aromatic rings. The number of methoxy groups -OCH3 is 1. The van der Waals surface area contributed by atoms with E-state index in [1.165, 1.54) is 11.8 Å². The van der Waals surface area contributed by atoms with Crippen molar-refractivity contribution in [2.45, 2.75) is 0 Å². The number of phenolic OH excluding ortho intramolecular Hbond substituents is 1. The summed E-state index contributed by atoms with van der Waals surface area (Å²) < 4.78 is 7.49. The highest BCUT2D eigenvalue weighted by Gasteiger charge is 2.09. The normalized spacial score (nSPS) is 11.1. The van der Waals surface area contributed by atoms with Crippen molar-refractivity contribution in [2.75, 3.05) is 7.11 Å². The van der Waals surface area contributed by atoms with Crippen LogP contribution in [-0.2, 0) is 0 Å². The maximum atomic E-state index is 9.85. The number of rotatable bonds is 4. The Hall–Kier alpha value is -2.52. The third kappa shape index (κ3) is 3.22. The summed E-state index contributed by atoms with van der Waals surface area (Å²) in [5.74, 6) is 0.925. The third-order valence-electron chi connectivity index (χ3n) is 3.16. The van der Waals surface area contributed by atoms with Crippen LogP contribution in [0.5, 0.6) is 11.5 Å². The number of hydrogen-bond donors (Lipinski definition) is 2. The first-order chi connectivity index (χ1) is 11.6. The molecule has 122 valence electrons. The minimum absolute atomic E-state index is 0.0330. The van der Waals surface area contributed by atoms with Gasteiger partial charge in [0, 0.05) is 18.0 Å². The molecule has 3 rings (SSSR count). The molecule has 0 spiro atoms. The number of nitrogens with one attached hydrogen (secondary N) is 1. The monoisotopic (exact) mass is 405 g/mol. The van der Waals surface area contributed by atoms with Gasteiger partial charge in [0.2, 0.25) is 4.77 Å². The smallest absolute Gasteiger partial charge is 0.216 e. The Bertz CT molecular complexity index is 952. The van der Waals surface area contributed by atoms with Crippen LogP contribution in [0, 0.1) is 4.77 Å². The van der Waals surface area contributed by atoms with E-state index in [4.69, 9.17) is 17.0 Å². The van der Waals surface area contributed by atoms with Gasteiger partial charge in [-0.25, -0.2) is 5.10 Å². The molecule has 0 saturated carbocycles. The summed E-state index contributed by atoms with van der Waals surface area (Å²) in [5.41, 5.74) is 1.50. The van der Waals surface area contributed by atoms with Crippen LogP contribution < -0.4 is 4.74 Å². The van der Waals surface area contributed by atoms with Crippen molar-refractivity contribution in [3.8, 4) is 22.9 Å². The number of aromatic nitrogens is 4. The molecular formula is C15H12BrN5O2S. The Morgan fingerprint density at radius 2 is 2.29 bits per heavy atom. The molecule has 0 unspecified atom stereocenters. The zero-order chi connectivity index (χ0) is 17.1. The van der Waals surface area contributed by atoms with Gasteiger partial charge in [-0.05, 0) is 58.0 Å². The van der Waals surface area contributed by atoms with Crippen molar-refractivity contribution in [1.29, 1.82) is 0 Å². The summed E-state index contributed by atoms with van der Waals surface area (Å²) in [4.78, 5) is 4.07. The van der Waals surface area contributed by atoms with E-state index in [2.05, 4.69) is 36.2 Å². The maximum Gasteiger partial charge on any atom is 0.216 e. The number of hydrogen-bond acceptors (Lipinski definition) is 6. The van der Waals surface area contributed by atoms with Gasteiger partial charge in [0.05, 0.1) is 17.8 Å². The second-order valence-electron chi connectivity index (χ2n) is 4.70. The van der Waals surface area contributed by atoms with Crippen LogP contribution in [0.2, 0.25) is 0 Å². The van der Waals surface area contributed by atoms with Crippen LogP contribution in [-0.4, -0.2) is 38.3 Å². The molecule has 7 nitrogen and oxygen atoms in total. The Kier molecular flexibility index (Phi) is 4.72. The molecule has 2 aromatic heterocycles. The molecule has 0 fully saturated rings. The second kappa shape index (κ2) is 6.93. The summed E-state index contributed by atoms with van der Waals surface area (Å²) in [5, 5.41) is 21.1. The molecule has 0 atom stereocenters. The molecule has 0 amide bonds. The highest BCUT2D eigenvalue weighted by Crippen LogP contribution is 2.34. The van der Waals surface area contributed by atoms with Crippen LogP contribution in [0.3, 0.4) is 0 Å². The average Bonchev–Trinajstić information content (AvgIpc) is 2.97. The molecule has 2 N–H and O–H groups in total. The molecular weight excluding hydrogens is 394 g/mol. The number of pyridine rings is 1. The van der Waals surface area contributed by atoms with Crippen molar-refractivity contribution in [3.05, 3.63) is 51.5 Å². The van der Waals surface area contributed by atoms with E-state index in [0.29, 0.717) is 20.8 Å². The molecule has 2 heterocycles. The highest BCUT2D eigenvalue weighted by atomic mass is 79.9. The molecule has 0 aliphatic heterocycles. The van der Waals surface area contributed by atoms with Gasteiger partial charge >= 0.3 is 0 Å². The fourth-order valence-electron chi connectivity index (χ4n) is 2.03. The number of ether oxygens (including phenoxy) is 1. The Morgan fingerprint density at radius 1 is 1.46 bits per heavy atom. The number of nitrogens with zero attached hydrogens (tertiary/aromatic N) is 4. The summed E-state index contributed by atoms with van der Waals surface area (Å²) in [6.07, 6.45) is 4.95.